The van der Waals surface area contributed by atoms with Crippen LogP contribution in [0.2, 0.25) is 0 Å². The van der Waals surface area contributed by atoms with Crippen LogP contribution >= 0.6 is 0 Å². The number of carbonyl (C=O) groups is 1. The Labute approximate surface area is 254 Å². The summed E-state index contributed by atoms with van der Waals surface area (Å²) in [6.07, 6.45) is -2.06. The second-order valence-electron chi connectivity index (χ2n) is 11.3. The topological polar surface area (TPSA) is 54.7 Å². The number of nitrogens with zero attached hydrogens (tertiary/aromatic N) is 2. The van der Waals surface area contributed by atoms with E-state index in [1.54, 1.807) is 23.8 Å². The number of benzene rings is 4. The normalized spacial score (nSPS) is 17.0. The highest BCUT2D eigenvalue weighted by Gasteiger charge is 2.36. The number of aliphatic carboxylic acids is 1. The molecule has 0 aliphatic carbocycles. The predicted molar refractivity (Wildman–Crippen MR) is 164 cm³/mol. The van der Waals surface area contributed by atoms with E-state index >= 15 is 0 Å². The SMILES string of the molecule is Cc1c(CN2CC(c3ccccc3)c3ccccc3[C@@H]2CCOc2cccc3c2ccn3CC(=O)O)cccc1C(F)(F)F. The van der Waals surface area contributed by atoms with E-state index in [0.29, 0.717) is 37.4 Å². The van der Waals surface area contributed by atoms with Crippen molar-refractivity contribution in [3.8, 4) is 5.75 Å². The quantitative estimate of drug-likeness (QED) is 0.186. The lowest BCUT2D eigenvalue weighted by Gasteiger charge is -2.42. The molecule has 0 bridgehead atoms. The fourth-order valence-corrected chi connectivity index (χ4v) is 6.54. The number of alkyl halides is 3. The van der Waals surface area contributed by atoms with Crippen LogP contribution in [0.25, 0.3) is 10.9 Å². The number of hydrogen-bond donors (Lipinski definition) is 1. The molecule has 1 aliphatic heterocycles. The number of halogens is 3. The highest BCUT2D eigenvalue weighted by molar-refractivity contribution is 5.87. The van der Waals surface area contributed by atoms with E-state index in [-0.39, 0.29) is 24.1 Å². The van der Waals surface area contributed by atoms with Crippen LogP contribution in [0.4, 0.5) is 13.2 Å². The van der Waals surface area contributed by atoms with Gasteiger partial charge in [-0.1, -0.05) is 72.8 Å². The first-order valence-electron chi connectivity index (χ1n) is 14.7. The van der Waals surface area contributed by atoms with Crippen molar-refractivity contribution < 1.29 is 27.8 Å². The van der Waals surface area contributed by atoms with Crippen LogP contribution in [0.5, 0.6) is 5.75 Å². The lowest BCUT2D eigenvalue weighted by molar-refractivity contribution is -0.138. The molecule has 5 nitrogen and oxygen atoms in total. The minimum atomic E-state index is -4.42. The third-order valence-corrected chi connectivity index (χ3v) is 8.64. The Morgan fingerprint density at radius 3 is 2.39 bits per heavy atom. The summed E-state index contributed by atoms with van der Waals surface area (Å²) in [4.78, 5) is 13.6. The van der Waals surface area contributed by atoms with Gasteiger partial charge in [0.05, 0.1) is 17.7 Å². The first-order valence-corrected chi connectivity index (χ1v) is 14.7. The van der Waals surface area contributed by atoms with Crippen molar-refractivity contribution in [2.24, 2.45) is 0 Å². The molecule has 1 aromatic heterocycles. The fourth-order valence-electron chi connectivity index (χ4n) is 6.54. The van der Waals surface area contributed by atoms with Crippen molar-refractivity contribution >= 4 is 16.9 Å². The van der Waals surface area contributed by atoms with Crippen LogP contribution in [-0.2, 0) is 24.1 Å². The summed E-state index contributed by atoms with van der Waals surface area (Å²) in [6.45, 7) is 2.80. The summed E-state index contributed by atoms with van der Waals surface area (Å²) in [5.41, 5.74) is 4.61. The van der Waals surface area contributed by atoms with Crippen molar-refractivity contribution in [2.45, 2.75) is 44.6 Å². The van der Waals surface area contributed by atoms with Crippen molar-refractivity contribution in [2.75, 3.05) is 13.2 Å². The van der Waals surface area contributed by atoms with Gasteiger partial charge in [-0.2, -0.15) is 13.2 Å². The minimum absolute atomic E-state index is 0.0680. The van der Waals surface area contributed by atoms with Crippen LogP contribution in [0.15, 0.2) is 103 Å². The molecule has 0 fully saturated rings. The average Bonchev–Trinajstić information content (AvgIpc) is 3.41. The molecule has 0 amide bonds. The highest BCUT2D eigenvalue weighted by atomic mass is 19.4. The van der Waals surface area contributed by atoms with Gasteiger partial charge in [0.15, 0.2) is 0 Å². The number of fused-ring (bicyclic) bond motifs is 2. The zero-order valence-electron chi connectivity index (χ0n) is 24.3. The molecule has 226 valence electrons. The van der Waals surface area contributed by atoms with Crippen molar-refractivity contribution in [3.05, 3.63) is 137 Å². The Balaban J connectivity index is 1.32. The van der Waals surface area contributed by atoms with E-state index in [4.69, 9.17) is 4.74 Å². The summed E-state index contributed by atoms with van der Waals surface area (Å²) in [5.74, 6) is -0.189. The summed E-state index contributed by atoms with van der Waals surface area (Å²) < 4.78 is 49.4. The molecule has 0 saturated heterocycles. The van der Waals surface area contributed by atoms with E-state index in [1.807, 2.05) is 54.6 Å². The van der Waals surface area contributed by atoms with Crippen molar-refractivity contribution in [3.63, 3.8) is 0 Å². The predicted octanol–water partition coefficient (Wildman–Crippen LogP) is 8.21. The zero-order chi connectivity index (χ0) is 30.8. The molecule has 8 heteroatoms. The zero-order valence-corrected chi connectivity index (χ0v) is 24.3. The van der Waals surface area contributed by atoms with Crippen LogP contribution in [0, 0.1) is 6.92 Å². The van der Waals surface area contributed by atoms with E-state index in [1.165, 1.54) is 11.6 Å². The Kier molecular flexibility index (Phi) is 8.19. The molecular formula is C36H33F3N2O3. The molecular weight excluding hydrogens is 565 g/mol. The third-order valence-electron chi connectivity index (χ3n) is 8.64. The lowest BCUT2D eigenvalue weighted by atomic mass is 9.80. The van der Waals surface area contributed by atoms with Gasteiger partial charge in [-0.3, -0.25) is 9.69 Å². The summed E-state index contributed by atoms with van der Waals surface area (Å²) in [6, 6.07) is 30.3. The molecule has 4 aromatic carbocycles. The molecule has 2 atom stereocenters. The van der Waals surface area contributed by atoms with Gasteiger partial charge in [-0.05, 0) is 59.0 Å². The van der Waals surface area contributed by atoms with Crippen molar-refractivity contribution in [1.29, 1.82) is 0 Å². The highest BCUT2D eigenvalue weighted by Crippen LogP contribution is 2.42. The molecule has 44 heavy (non-hydrogen) atoms. The van der Waals surface area contributed by atoms with Crippen LogP contribution in [-0.4, -0.2) is 33.7 Å². The van der Waals surface area contributed by atoms with Gasteiger partial charge in [0.1, 0.15) is 12.3 Å². The average molecular weight is 599 g/mol. The molecule has 0 saturated carbocycles. The first-order chi connectivity index (χ1) is 21.2. The maximum atomic E-state index is 13.8. The number of carboxylic acid groups (broad SMARTS) is 1. The molecule has 0 radical (unpaired) electrons. The monoisotopic (exact) mass is 598 g/mol. The van der Waals surface area contributed by atoms with Crippen LogP contribution < -0.4 is 4.74 Å². The molecule has 5 aromatic rings. The first kappa shape index (κ1) is 29.5. The van der Waals surface area contributed by atoms with Gasteiger partial charge in [-0.25, -0.2) is 0 Å². The summed E-state index contributed by atoms with van der Waals surface area (Å²) in [5, 5.41) is 10.1. The summed E-state index contributed by atoms with van der Waals surface area (Å²) in [7, 11) is 0. The van der Waals surface area contributed by atoms with Gasteiger partial charge < -0.3 is 14.4 Å². The largest absolute Gasteiger partial charge is 0.493 e. The molecule has 1 aliphatic rings. The number of hydrogen-bond acceptors (Lipinski definition) is 3. The second-order valence-corrected chi connectivity index (χ2v) is 11.3. The molecule has 6 rings (SSSR count). The lowest BCUT2D eigenvalue weighted by Crippen LogP contribution is -2.38. The molecule has 1 N–H and O–H groups in total. The van der Waals surface area contributed by atoms with E-state index in [9.17, 15) is 23.1 Å². The third kappa shape index (κ3) is 5.95. The van der Waals surface area contributed by atoms with Crippen LogP contribution in [0.3, 0.4) is 0 Å². The molecule has 0 spiro atoms. The van der Waals surface area contributed by atoms with Crippen molar-refractivity contribution in [1.82, 2.24) is 9.47 Å². The molecule has 1 unspecified atom stereocenters. The summed E-state index contributed by atoms with van der Waals surface area (Å²) >= 11 is 0. The second kappa shape index (κ2) is 12.2. The Hall–Kier alpha value is -4.56. The number of rotatable bonds is 9. The Bertz CT molecular complexity index is 1780. The Morgan fingerprint density at radius 2 is 1.64 bits per heavy atom. The van der Waals surface area contributed by atoms with Crippen LogP contribution in [0.1, 0.15) is 51.8 Å². The van der Waals surface area contributed by atoms with Gasteiger partial charge in [0, 0.05) is 43.1 Å². The van der Waals surface area contributed by atoms with Gasteiger partial charge >= 0.3 is 12.1 Å². The van der Waals surface area contributed by atoms with Gasteiger partial charge in [0.25, 0.3) is 0 Å². The standard InChI is InChI=1S/C36H33F3N2O3/c1-24-26(11-7-14-31(24)36(37,38)39)21-41-22-30(25-9-3-2-4-10-25)27-12-5-6-13-28(27)33(41)18-20-44-34-16-8-15-32-29(34)17-19-40(32)23-35(42)43/h2-17,19,30,33H,18,20-23H2,1H3,(H,42,43)/t30?,33-/m0/s1. The minimum Gasteiger partial charge on any atom is -0.493 e. The number of carboxylic acids is 1. The molecule has 2 heterocycles. The fraction of sp³-hybridized carbons (Fsp3) is 0.250. The van der Waals surface area contributed by atoms with Gasteiger partial charge in [0.2, 0.25) is 0 Å². The maximum Gasteiger partial charge on any atom is 0.416 e. The number of aromatic nitrogens is 1. The maximum absolute atomic E-state index is 13.8. The number of ether oxygens (including phenoxy) is 1. The van der Waals surface area contributed by atoms with E-state index < -0.39 is 17.7 Å². The smallest absolute Gasteiger partial charge is 0.416 e. The Morgan fingerprint density at radius 1 is 0.909 bits per heavy atom. The van der Waals surface area contributed by atoms with E-state index in [0.717, 1.165) is 28.1 Å². The van der Waals surface area contributed by atoms with E-state index in [2.05, 4.69) is 29.2 Å². The van der Waals surface area contributed by atoms with Gasteiger partial charge in [-0.15, -0.1) is 0 Å².